The maximum Gasteiger partial charge on any atom is 0.140 e. The van der Waals surface area contributed by atoms with Gasteiger partial charge in [0.2, 0.25) is 0 Å². The van der Waals surface area contributed by atoms with E-state index in [0.29, 0.717) is 0 Å². The highest BCUT2D eigenvalue weighted by Gasteiger charge is 2.82. The van der Waals surface area contributed by atoms with Gasteiger partial charge in [-0.25, -0.2) is 0 Å². The molecule has 0 saturated carbocycles. The zero-order valence-electron chi connectivity index (χ0n) is 16.3. The van der Waals surface area contributed by atoms with Crippen LogP contribution in [0, 0.1) is 0 Å². The Morgan fingerprint density at radius 3 is 1.80 bits per heavy atom. The fourth-order valence-electron chi connectivity index (χ4n) is 6.38. The van der Waals surface area contributed by atoms with E-state index in [9.17, 15) is 0 Å². The van der Waals surface area contributed by atoms with Crippen LogP contribution in [0.1, 0.15) is 39.3 Å². The van der Waals surface area contributed by atoms with Gasteiger partial charge in [-0.2, -0.15) is 0 Å². The summed E-state index contributed by atoms with van der Waals surface area (Å²) in [6, 6.07) is 39.1. The highest BCUT2D eigenvalue weighted by atomic mass is 79.9. The Labute approximate surface area is 184 Å². The second-order valence-electron chi connectivity index (χ2n) is 8.53. The second kappa shape index (κ2) is 5.51. The number of halogens is 1. The van der Waals surface area contributed by atoms with Crippen molar-refractivity contribution in [1.82, 2.24) is 0 Å². The summed E-state index contributed by atoms with van der Waals surface area (Å²) in [7, 11) is 0. The summed E-state index contributed by atoms with van der Waals surface area (Å²) in [4.78, 5) is 0. The molecule has 7 rings (SSSR count). The van der Waals surface area contributed by atoms with E-state index in [1.165, 1.54) is 33.4 Å². The number of hydrogen-bond donors (Lipinski definition) is 0. The molecule has 2 bridgehead atoms. The standard InChI is InChI=1S/C28H19BrO/c29-27-22-16-8-7-15-21(22)25(27)26(19-11-3-1-4-12-19)23-17-9-10-18-24(23)28(27,30-26)20-13-5-2-6-14-20/h1-18,25H/t25-,26+,27-,28+/m1/s1. The third kappa shape index (κ3) is 1.61. The molecule has 0 radical (unpaired) electrons. The maximum atomic E-state index is 7.42. The molecule has 2 aliphatic heterocycles. The summed E-state index contributed by atoms with van der Waals surface area (Å²) in [5, 5.41) is 0. The second-order valence-corrected chi connectivity index (χ2v) is 9.78. The van der Waals surface area contributed by atoms with Crippen molar-refractivity contribution in [3.8, 4) is 0 Å². The van der Waals surface area contributed by atoms with Gasteiger partial charge in [0.25, 0.3) is 0 Å². The first kappa shape index (κ1) is 17.0. The molecule has 0 spiro atoms. The van der Waals surface area contributed by atoms with Crippen molar-refractivity contribution < 1.29 is 4.74 Å². The number of ether oxygens (including phenoxy) is 1. The molecule has 1 nitrogen and oxygen atoms in total. The predicted octanol–water partition coefficient (Wildman–Crippen LogP) is 6.61. The molecule has 4 aromatic carbocycles. The average molecular weight is 451 g/mol. The highest BCUT2D eigenvalue weighted by molar-refractivity contribution is 9.09. The lowest BCUT2D eigenvalue weighted by Crippen LogP contribution is -2.54. The van der Waals surface area contributed by atoms with Crippen LogP contribution in [0.25, 0.3) is 0 Å². The summed E-state index contributed by atoms with van der Waals surface area (Å²) < 4.78 is 7.10. The zero-order valence-corrected chi connectivity index (χ0v) is 17.8. The molecule has 0 aromatic heterocycles. The Hall–Kier alpha value is -2.68. The van der Waals surface area contributed by atoms with E-state index in [2.05, 4.69) is 125 Å². The van der Waals surface area contributed by atoms with E-state index in [-0.39, 0.29) is 10.2 Å². The minimum atomic E-state index is -0.584. The molecule has 2 heteroatoms. The van der Waals surface area contributed by atoms with E-state index < -0.39 is 11.2 Å². The van der Waals surface area contributed by atoms with Crippen LogP contribution >= 0.6 is 15.9 Å². The Balaban J connectivity index is 1.66. The quantitative estimate of drug-likeness (QED) is 0.312. The van der Waals surface area contributed by atoms with Crippen molar-refractivity contribution in [3.05, 3.63) is 143 Å². The smallest absolute Gasteiger partial charge is 0.140 e. The van der Waals surface area contributed by atoms with Crippen LogP contribution in [0.3, 0.4) is 0 Å². The fourth-order valence-corrected chi connectivity index (χ4v) is 7.83. The highest BCUT2D eigenvalue weighted by Crippen LogP contribution is 2.83. The summed E-state index contributed by atoms with van der Waals surface area (Å²) in [5.74, 6) is 0.193. The first-order valence-corrected chi connectivity index (χ1v) is 11.2. The lowest BCUT2D eigenvalue weighted by Gasteiger charge is -2.55. The molecule has 1 saturated heterocycles. The predicted molar refractivity (Wildman–Crippen MR) is 122 cm³/mol. The van der Waals surface area contributed by atoms with Gasteiger partial charge in [0.1, 0.15) is 11.2 Å². The van der Waals surface area contributed by atoms with Crippen LogP contribution in [0.5, 0.6) is 0 Å². The van der Waals surface area contributed by atoms with Crippen molar-refractivity contribution in [2.45, 2.75) is 21.4 Å². The lowest BCUT2D eigenvalue weighted by molar-refractivity contribution is -0.0472. The maximum absolute atomic E-state index is 7.42. The Morgan fingerprint density at radius 2 is 1.10 bits per heavy atom. The molecule has 1 aliphatic carbocycles. The van der Waals surface area contributed by atoms with E-state index in [1.54, 1.807) is 0 Å². The summed E-state index contributed by atoms with van der Waals surface area (Å²) in [6.07, 6.45) is 0. The van der Waals surface area contributed by atoms with Crippen molar-refractivity contribution >= 4 is 15.9 Å². The largest absolute Gasteiger partial charge is 0.347 e. The number of rotatable bonds is 2. The van der Waals surface area contributed by atoms with Gasteiger partial charge < -0.3 is 4.74 Å². The van der Waals surface area contributed by atoms with Crippen LogP contribution in [-0.4, -0.2) is 0 Å². The van der Waals surface area contributed by atoms with Gasteiger partial charge in [-0.1, -0.05) is 125 Å². The molecular weight excluding hydrogens is 432 g/mol. The number of fused-ring (bicyclic) bond motifs is 11. The topological polar surface area (TPSA) is 9.23 Å². The van der Waals surface area contributed by atoms with Crippen LogP contribution < -0.4 is 0 Å². The third-order valence-electron chi connectivity index (χ3n) is 7.38. The Bertz CT molecular complexity index is 1300. The minimum absolute atomic E-state index is 0.193. The van der Waals surface area contributed by atoms with Crippen LogP contribution in [0.2, 0.25) is 0 Å². The van der Waals surface area contributed by atoms with Crippen LogP contribution in [0.4, 0.5) is 0 Å². The summed E-state index contributed by atoms with van der Waals surface area (Å²) in [6.45, 7) is 0. The molecule has 2 heterocycles. The molecular formula is C28H19BrO. The van der Waals surface area contributed by atoms with E-state index >= 15 is 0 Å². The van der Waals surface area contributed by atoms with Gasteiger partial charge in [-0.05, 0) is 33.4 Å². The zero-order chi connectivity index (χ0) is 20.0. The number of hydrogen-bond acceptors (Lipinski definition) is 1. The first-order chi connectivity index (χ1) is 14.7. The molecule has 144 valence electrons. The van der Waals surface area contributed by atoms with E-state index in [4.69, 9.17) is 4.74 Å². The Kier molecular flexibility index (Phi) is 3.13. The summed E-state index contributed by atoms with van der Waals surface area (Å²) >= 11 is 4.32. The van der Waals surface area contributed by atoms with Gasteiger partial charge in [-0.3, -0.25) is 0 Å². The fraction of sp³-hybridized carbons (Fsp3) is 0.143. The average Bonchev–Trinajstić information content (AvgIpc) is 3.23. The van der Waals surface area contributed by atoms with Gasteiger partial charge in [0, 0.05) is 5.92 Å². The molecule has 30 heavy (non-hydrogen) atoms. The van der Waals surface area contributed by atoms with Crippen LogP contribution in [-0.2, 0) is 20.3 Å². The van der Waals surface area contributed by atoms with E-state index in [0.717, 1.165) is 0 Å². The molecule has 4 aromatic rings. The summed E-state index contributed by atoms with van der Waals surface area (Å²) in [5.41, 5.74) is 6.58. The molecule has 3 aliphatic rings. The lowest BCUT2D eigenvalue weighted by atomic mass is 9.50. The van der Waals surface area contributed by atoms with Crippen molar-refractivity contribution in [3.63, 3.8) is 0 Å². The first-order valence-electron chi connectivity index (χ1n) is 10.4. The molecule has 0 N–H and O–H groups in total. The van der Waals surface area contributed by atoms with Gasteiger partial charge in [0.05, 0.1) is 4.32 Å². The Morgan fingerprint density at radius 1 is 0.567 bits per heavy atom. The molecule has 1 fully saturated rings. The van der Waals surface area contributed by atoms with Crippen molar-refractivity contribution in [2.24, 2.45) is 0 Å². The SMILES string of the molecule is Br[C@]12c3ccccc3[C@@H]1[C@@]1(c3ccccc3)O[C@@]2(c2ccccc2)c2ccccc21. The third-order valence-corrected chi connectivity index (χ3v) is 8.83. The monoisotopic (exact) mass is 450 g/mol. The number of benzene rings is 4. The van der Waals surface area contributed by atoms with Crippen LogP contribution in [0.15, 0.2) is 109 Å². The van der Waals surface area contributed by atoms with Gasteiger partial charge in [0.15, 0.2) is 0 Å². The molecule has 0 unspecified atom stereocenters. The number of alkyl halides is 1. The van der Waals surface area contributed by atoms with E-state index in [1.807, 2.05) is 0 Å². The van der Waals surface area contributed by atoms with Gasteiger partial charge in [-0.15, -0.1) is 0 Å². The van der Waals surface area contributed by atoms with Crippen molar-refractivity contribution in [1.29, 1.82) is 0 Å². The minimum Gasteiger partial charge on any atom is -0.347 e. The molecule has 0 amide bonds. The molecule has 4 atom stereocenters. The van der Waals surface area contributed by atoms with Gasteiger partial charge >= 0.3 is 0 Å². The van der Waals surface area contributed by atoms with Crippen molar-refractivity contribution in [2.75, 3.05) is 0 Å². The normalized spacial score (nSPS) is 32.1.